The minimum atomic E-state index is 0.150. The van der Waals surface area contributed by atoms with Crippen LogP contribution in [0, 0.1) is 11.8 Å². The standard InChI is InChI=1S/C15H24O/c1-3-6-13-8-10-15(9-4-2)14(12-13)7-5-11-16-15/h3-4,13-14H,1-2,5-12H2. The first-order valence-electron chi connectivity index (χ1n) is 6.66. The molecule has 2 aliphatic rings. The second kappa shape index (κ2) is 5.18. The van der Waals surface area contributed by atoms with E-state index in [1.54, 1.807) is 0 Å². The molecule has 90 valence electrons. The van der Waals surface area contributed by atoms with E-state index in [1.165, 1.54) is 38.5 Å². The average molecular weight is 220 g/mol. The van der Waals surface area contributed by atoms with Gasteiger partial charge in [0.2, 0.25) is 0 Å². The Morgan fingerprint density at radius 2 is 2.12 bits per heavy atom. The molecule has 1 saturated heterocycles. The Bertz CT molecular complexity index is 258. The van der Waals surface area contributed by atoms with E-state index in [-0.39, 0.29) is 5.60 Å². The van der Waals surface area contributed by atoms with E-state index >= 15 is 0 Å². The van der Waals surface area contributed by atoms with Crippen LogP contribution in [0.1, 0.15) is 44.9 Å². The fraction of sp³-hybridized carbons (Fsp3) is 0.733. The van der Waals surface area contributed by atoms with Gasteiger partial charge in [0.25, 0.3) is 0 Å². The summed E-state index contributed by atoms with van der Waals surface area (Å²) in [6.07, 6.45) is 12.8. The van der Waals surface area contributed by atoms with Gasteiger partial charge in [0, 0.05) is 6.61 Å². The lowest BCUT2D eigenvalue weighted by molar-refractivity contribution is -0.144. The molecular weight excluding hydrogens is 196 g/mol. The van der Waals surface area contributed by atoms with Crippen LogP contribution in [0.4, 0.5) is 0 Å². The molecule has 3 unspecified atom stereocenters. The molecule has 2 fully saturated rings. The smallest absolute Gasteiger partial charge is 0.0744 e. The van der Waals surface area contributed by atoms with Gasteiger partial charge in [-0.15, -0.1) is 13.2 Å². The summed E-state index contributed by atoms with van der Waals surface area (Å²) in [5.74, 6) is 1.61. The summed E-state index contributed by atoms with van der Waals surface area (Å²) >= 11 is 0. The highest BCUT2D eigenvalue weighted by molar-refractivity contribution is 5.00. The van der Waals surface area contributed by atoms with Gasteiger partial charge in [-0.25, -0.2) is 0 Å². The van der Waals surface area contributed by atoms with Crippen LogP contribution in [-0.4, -0.2) is 12.2 Å². The molecule has 1 nitrogen and oxygen atoms in total. The molecule has 1 aliphatic heterocycles. The van der Waals surface area contributed by atoms with Crippen LogP contribution >= 0.6 is 0 Å². The molecule has 0 aromatic rings. The third kappa shape index (κ3) is 2.24. The molecule has 3 atom stereocenters. The fourth-order valence-corrected chi connectivity index (χ4v) is 3.59. The van der Waals surface area contributed by atoms with E-state index in [1.807, 2.05) is 6.08 Å². The Hall–Kier alpha value is -0.560. The van der Waals surface area contributed by atoms with Crippen LogP contribution in [0.25, 0.3) is 0 Å². The molecule has 0 aromatic heterocycles. The third-order valence-electron chi connectivity index (χ3n) is 4.41. The molecule has 1 saturated carbocycles. The molecule has 1 heteroatoms. The predicted octanol–water partition coefficient (Wildman–Crippen LogP) is 4.10. The van der Waals surface area contributed by atoms with E-state index in [9.17, 15) is 0 Å². The van der Waals surface area contributed by atoms with E-state index in [0.29, 0.717) is 0 Å². The van der Waals surface area contributed by atoms with Crippen molar-refractivity contribution in [1.29, 1.82) is 0 Å². The van der Waals surface area contributed by atoms with Crippen molar-refractivity contribution in [3.63, 3.8) is 0 Å². The van der Waals surface area contributed by atoms with E-state index in [4.69, 9.17) is 4.74 Å². The fourth-order valence-electron chi connectivity index (χ4n) is 3.59. The number of ether oxygens (including phenoxy) is 1. The molecule has 0 N–H and O–H groups in total. The largest absolute Gasteiger partial charge is 0.374 e. The summed E-state index contributed by atoms with van der Waals surface area (Å²) in [6.45, 7) is 8.72. The van der Waals surface area contributed by atoms with Crippen LogP contribution in [-0.2, 0) is 4.74 Å². The predicted molar refractivity (Wildman–Crippen MR) is 68.4 cm³/mol. The highest BCUT2D eigenvalue weighted by Gasteiger charge is 2.44. The second-order valence-electron chi connectivity index (χ2n) is 5.41. The van der Waals surface area contributed by atoms with Gasteiger partial charge in [-0.2, -0.15) is 0 Å². The quantitative estimate of drug-likeness (QED) is 0.648. The lowest BCUT2D eigenvalue weighted by atomic mass is 9.66. The van der Waals surface area contributed by atoms with Crippen LogP contribution in [0.15, 0.2) is 25.3 Å². The van der Waals surface area contributed by atoms with Crippen molar-refractivity contribution >= 4 is 0 Å². The summed E-state index contributed by atoms with van der Waals surface area (Å²) in [7, 11) is 0. The molecule has 16 heavy (non-hydrogen) atoms. The molecule has 0 aromatic carbocycles. The summed E-state index contributed by atoms with van der Waals surface area (Å²) in [5.41, 5.74) is 0.150. The van der Waals surface area contributed by atoms with Crippen molar-refractivity contribution in [1.82, 2.24) is 0 Å². The van der Waals surface area contributed by atoms with Crippen LogP contribution in [0.2, 0.25) is 0 Å². The van der Waals surface area contributed by atoms with Crippen LogP contribution < -0.4 is 0 Å². The van der Waals surface area contributed by atoms with Gasteiger partial charge < -0.3 is 4.74 Å². The Morgan fingerprint density at radius 3 is 2.88 bits per heavy atom. The average Bonchev–Trinajstić information content (AvgIpc) is 2.30. The molecule has 0 spiro atoms. The van der Waals surface area contributed by atoms with E-state index < -0.39 is 0 Å². The zero-order valence-electron chi connectivity index (χ0n) is 10.3. The summed E-state index contributed by atoms with van der Waals surface area (Å²) < 4.78 is 6.14. The van der Waals surface area contributed by atoms with Gasteiger partial charge in [0.05, 0.1) is 5.60 Å². The summed E-state index contributed by atoms with van der Waals surface area (Å²) in [4.78, 5) is 0. The van der Waals surface area contributed by atoms with Gasteiger partial charge >= 0.3 is 0 Å². The maximum atomic E-state index is 6.14. The zero-order valence-corrected chi connectivity index (χ0v) is 10.3. The topological polar surface area (TPSA) is 9.23 Å². The minimum Gasteiger partial charge on any atom is -0.374 e. The molecule has 1 heterocycles. The van der Waals surface area contributed by atoms with Crippen LogP contribution in [0.3, 0.4) is 0 Å². The molecule has 0 amide bonds. The number of allylic oxidation sites excluding steroid dienone is 1. The third-order valence-corrected chi connectivity index (χ3v) is 4.41. The maximum absolute atomic E-state index is 6.14. The van der Waals surface area contributed by atoms with Crippen molar-refractivity contribution in [3.05, 3.63) is 25.3 Å². The normalized spacial score (nSPS) is 38.8. The highest BCUT2D eigenvalue weighted by atomic mass is 16.5. The van der Waals surface area contributed by atoms with Crippen molar-refractivity contribution in [3.8, 4) is 0 Å². The van der Waals surface area contributed by atoms with E-state index in [2.05, 4.69) is 19.2 Å². The highest BCUT2D eigenvalue weighted by Crippen LogP contribution is 2.47. The van der Waals surface area contributed by atoms with Crippen molar-refractivity contribution in [2.75, 3.05) is 6.61 Å². The summed E-state index contributed by atoms with van der Waals surface area (Å²) in [5, 5.41) is 0. The minimum absolute atomic E-state index is 0.150. The number of fused-ring (bicyclic) bond motifs is 1. The second-order valence-corrected chi connectivity index (χ2v) is 5.41. The Kier molecular flexibility index (Phi) is 3.86. The van der Waals surface area contributed by atoms with E-state index in [0.717, 1.165) is 24.9 Å². The van der Waals surface area contributed by atoms with Crippen molar-refractivity contribution < 1.29 is 4.74 Å². The number of hydrogen-bond acceptors (Lipinski definition) is 1. The molecule has 1 aliphatic carbocycles. The number of rotatable bonds is 4. The van der Waals surface area contributed by atoms with Crippen LogP contribution in [0.5, 0.6) is 0 Å². The van der Waals surface area contributed by atoms with Gasteiger partial charge in [0.1, 0.15) is 0 Å². The molecule has 0 radical (unpaired) electrons. The van der Waals surface area contributed by atoms with Gasteiger partial charge in [0.15, 0.2) is 0 Å². The zero-order chi connectivity index (χ0) is 11.4. The lowest BCUT2D eigenvalue weighted by Gasteiger charge is -2.49. The molecule has 2 rings (SSSR count). The lowest BCUT2D eigenvalue weighted by Crippen LogP contribution is -2.47. The maximum Gasteiger partial charge on any atom is 0.0744 e. The Balaban J connectivity index is 2.05. The first-order chi connectivity index (χ1) is 7.80. The summed E-state index contributed by atoms with van der Waals surface area (Å²) in [6, 6.07) is 0. The Morgan fingerprint density at radius 1 is 1.25 bits per heavy atom. The van der Waals surface area contributed by atoms with Gasteiger partial charge in [-0.05, 0) is 56.8 Å². The number of hydrogen-bond donors (Lipinski definition) is 0. The first-order valence-corrected chi connectivity index (χ1v) is 6.66. The monoisotopic (exact) mass is 220 g/mol. The Labute approximate surface area is 99.6 Å². The van der Waals surface area contributed by atoms with Gasteiger partial charge in [-0.1, -0.05) is 12.2 Å². The van der Waals surface area contributed by atoms with Crippen molar-refractivity contribution in [2.24, 2.45) is 11.8 Å². The van der Waals surface area contributed by atoms with Gasteiger partial charge in [-0.3, -0.25) is 0 Å². The molecular formula is C15H24O. The molecule has 0 bridgehead atoms. The first kappa shape index (κ1) is 11.9. The van der Waals surface area contributed by atoms with Crippen molar-refractivity contribution in [2.45, 2.75) is 50.5 Å². The SMILES string of the molecule is C=CCC1CCC2(CC=C)OCCCC2C1.